The van der Waals surface area contributed by atoms with Gasteiger partial charge in [-0.15, -0.1) is 6.42 Å². The number of β-amino-alcohol motifs (C(OH)–C–C–N with tert-alkyl or cyclic N) is 2. The second-order valence-electron chi connectivity index (χ2n) is 3.24. The second-order valence-corrected chi connectivity index (χ2v) is 3.24. The van der Waals surface area contributed by atoms with E-state index in [1.165, 1.54) is 4.90 Å². The zero-order chi connectivity index (χ0) is 10.6. The number of hydrogen-bond acceptors (Lipinski definition) is 4. The molecule has 3 N–H and O–H groups in total. The van der Waals surface area contributed by atoms with Crippen molar-refractivity contribution in [3.05, 3.63) is 0 Å². The molecule has 1 saturated heterocycles. The van der Waals surface area contributed by atoms with Crippen LogP contribution in [0.3, 0.4) is 0 Å². The number of aliphatic hydroxyl groups excluding tert-OH is 2. The van der Waals surface area contributed by atoms with Crippen molar-refractivity contribution in [3.8, 4) is 12.3 Å². The molecule has 1 heterocycles. The number of carbonyl (C=O) groups excluding carboxylic acids is 1. The van der Waals surface area contributed by atoms with Crippen LogP contribution >= 0.6 is 0 Å². The molecule has 2 atom stereocenters. The molecule has 1 rings (SSSR count). The van der Waals surface area contributed by atoms with Crippen molar-refractivity contribution in [2.45, 2.75) is 12.2 Å². The van der Waals surface area contributed by atoms with Gasteiger partial charge in [0.25, 0.3) is 0 Å². The summed E-state index contributed by atoms with van der Waals surface area (Å²) in [6, 6.07) is 0. The SMILES string of the molecule is C#CCNCC(=O)N1C[C@@H](O)[C@@H](O)C1. The molecule has 0 aromatic carbocycles. The van der Waals surface area contributed by atoms with Gasteiger partial charge >= 0.3 is 0 Å². The Morgan fingerprint density at radius 2 is 2.07 bits per heavy atom. The third kappa shape index (κ3) is 2.70. The Balaban J connectivity index is 2.29. The molecule has 0 spiro atoms. The molecule has 5 nitrogen and oxygen atoms in total. The lowest BCUT2D eigenvalue weighted by atomic mass is 10.3. The summed E-state index contributed by atoms with van der Waals surface area (Å²) in [7, 11) is 0. The first-order chi connectivity index (χ1) is 6.65. The molecule has 5 heteroatoms. The minimum absolute atomic E-state index is 0.142. The van der Waals surface area contributed by atoms with Crippen LogP contribution in [0.1, 0.15) is 0 Å². The van der Waals surface area contributed by atoms with Crippen LogP contribution in [0.5, 0.6) is 0 Å². The summed E-state index contributed by atoms with van der Waals surface area (Å²) in [4.78, 5) is 12.8. The molecule has 1 aliphatic heterocycles. The van der Waals surface area contributed by atoms with Gasteiger partial charge in [-0.1, -0.05) is 5.92 Å². The Labute approximate surface area is 82.7 Å². The number of likely N-dealkylation sites (tertiary alicyclic amines) is 1. The number of hydrogen-bond donors (Lipinski definition) is 3. The molecule has 1 amide bonds. The van der Waals surface area contributed by atoms with Gasteiger partial charge in [0, 0.05) is 13.1 Å². The summed E-state index contributed by atoms with van der Waals surface area (Å²) in [6.07, 6.45) is 3.34. The molecule has 0 aromatic heterocycles. The third-order valence-corrected chi connectivity index (χ3v) is 2.12. The largest absolute Gasteiger partial charge is 0.388 e. The first-order valence-electron chi connectivity index (χ1n) is 4.43. The molecule has 0 bridgehead atoms. The Bertz CT molecular complexity index is 239. The predicted molar refractivity (Wildman–Crippen MR) is 50.3 cm³/mol. The van der Waals surface area contributed by atoms with Crippen molar-refractivity contribution in [3.63, 3.8) is 0 Å². The first kappa shape index (κ1) is 11.0. The minimum atomic E-state index is -0.827. The number of nitrogens with one attached hydrogen (secondary N) is 1. The standard InChI is InChI=1S/C9H14N2O3/c1-2-3-10-4-9(14)11-5-7(12)8(13)6-11/h1,7-8,10,12-13H,3-6H2/t7-,8+. The van der Waals surface area contributed by atoms with E-state index < -0.39 is 12.2 Å². The van der Waals surface area contributed by atoms with E-state index in [9.17, 15) is 15.0 Å². The van der Waals surface area contributed by atoms with E-state index in [0.717, 1.165) is 0 Å². The maximum Gasteiger partial charge on any atom is 0.236 e. The van der Waals surface area contributed by atoms with Crippen LogP contribution in [0.25, 0.3) is 0 Å². The summed E-state index contributed by atoms with van der Waals surface area (Å²) in [6.45, 7) is 0.865. The maximum absolute atomic E-state index is 11.4. The molecule has 78 valence electrons. The highest BCUT2D eigenvalue weighted by Crippen LogP contribution is 2.09. The summed E-state index contributed by atoms with van der Waals surface area (Å²) < 4.78 is 0. The Kier molecular flexibility index (Phi) is 3.89. The molecule has 14 heavy (non-hydrogen) atoms. The summed E-state index contributed by atoms with van der Waals surface area (Å²) >= 11 is 0. The van der Waals surface area contributed by atoms with Crippen LogP contribution < -0.4 is 5.32 Å². The van der Waals surface area contributed by atoms with Crippen LogP contribution in [0.4, 0.5) is 0 Å². The fourth-order valence-corrected chi connectivity index (χ4v) is 1.33. The minimum Gasteiger partial charge on any atom is -0.388 e. The highest BCUT2D eigenvalue weighted by molar-refractivity contribution is 5.78. The fourth-order valence-electron chi connectivity index (χ4n) is 1.33. The van der Waals surface area contributed by atoms with Crippen LogP contribution in [-0.4, -0.2) is 59.4 Å². The van der Waals surface area contributed by atoms with Gasteiger partial charge in [0.05, 0.1) is 25.3 Å². The van der Waals surface area contributed by atoms with E-state index in [-0.39, 0.29) is 25.5 Å². The number of amides is 1. The number of rotatable bonds is 3. The summed E-state index contributed by atoms with van der Waals surface area (Å²) in [5.74, 6) is 2.19. The van der Waals surface area contributed by atoms with Crippen LogP contribution in [-0.2, 0) is 4.79 Å². The van der Waals surface area contributed by atoms with Gasteiger partial charge in [0.15, 0.2) is 0 Å². The van der Waals surface area contributed by atoms with Gasteiger partial charge in [-0.3, -0.25) is 10.1 Å². The van der Waals surface area contributed by atoms with Gasteiger partial charge in [-0.25, -0.2) is 0 Å². The molecular weight excluding hydrogens is 184 g/mol. The number of terminal acetylenes is 1. The van der Waals surface area contributed by atoms with E-state index in [1.54, 1.807) is 0 Å². The van der Waals surface area contributed by atoms with Crippen LogP contribution in [0, 0.1) is 12.3 Å². The first-order valence-corrected chi connectivity index (χ1v) is 4.43. The highest BCUT2D eigenvalue weighted by Gasteiger charge is 2.31. The third-order valence-electron chi connectivity index (χ3n) is 2.12. The Morgan fingerprint density at radius 3 is 2.57 bits per heavy atom. The van der Waals surface area contributed by atoms with Crippen molar-refractivity contribution >= 4 is 5.91 Å². The molecule has 0 saturated carbocycles. The van der Waals surface area contributed by atoms with Crippen molar-refractivity contribution in [1.82, 2.24) is 10.2 Å². The van der Waals surface area contributed by atoms with Crippen LogP contribution in [0.2, 0.25) is 0 Å². The van der Waals surface area contributed by atoms with E-state index in [0.29, 0.717) is 6.54 Å². The lowest BCUT2D eigenvalue weighted by Gasteiger charge is -2.14. The maximum atomic E-state index is 11.4. The fraction of sp³-hybridized carbons (Fsp3) is 0.667. The molecule has 0 aromatic rings. The average molecular weight is 198 g/mol. The Morgan fingerprint density at radius 1 is 1.50 bits per heavy atom. The second kappa shape index (κ2) is 4.96. The lowest BCUT2D eigenvalue weighted by molar-refractivity contribution is -0.129. The molecule has 0 aliphatic carbocycles. The van der Waals surface area contributed by atoms with E-state index in [4.69, 9.17) is 6.42 Å². The van der Waals surface area contributed by atoms with Crippen molar-refractivity contribution in [2.24, 2.45) is 0 Å². The van der Waals surface area contributed by atoms with Crippen molar-refractivity contribution < 1.29 is 15.0 Å². The number of aliphatic hydroxyl groups is 2. The highest BCUT2D eigenvalue weighted by atomic mass is 16.3. The molecular formula is C9H14N2O3. The van der Waals surface area contributed by atoms with Crippen molar-refractivity contribution in [1.29, 1.82) is 0 Å². The van der Waals surface area contributed by atoms with Crippen molar-refractivity contribution in [2.75, 3.05) is 26.2 Å². The van der Waals surface area contributed by atoms with Crippen LogP contribution in [0.15, 0.2) is 0 Å². The lowest BCUT2D eigenvalue weighted by Crippen LogP contribution is -2.37. The molecule has 0 radical (unpaired) electrons. The predicted octanol–water partition coefficient (Wildman–Crippen LogP) is -2.23. The van der Waals surface area contributed by atoms with E-state index >= 15 is 0 Å². The molecule has 0 unspecified atom stereocenters. The monoisotopic (exact) mass is 198 g/mol. The number of carbonyl (C=O) groups is 1. The van der Waals surface area contributed by atoms with Gasteiger partial charge in [-0.05, 0) is 0 Å². The normalized spacial score (nSPS) is 26.2. The smallest absolute Gasteiger partial charge is 0.236 e. The molecule has 1 aliphatic rings. The van der Waals surface area contributed by atoms with E-state index in [1.807, 2.05) is 0 Å². The Hall–Kier alpha value is -1.09. The van der Waals surface area contributed by atoms with E-state index in [2.05, 4.69) is 11.2 Å². The summed E-state index contributed by atoms with van der Waals surface area (Å²) in [5, 5.41) is 21.1. The number of nitrogens with zero attached hydrogens (tertiary/aromatic N) is 1. The zero-order valence-electron chi connectivity index (χ0n) is 7.81. The average Bonchev–Trinajstić information content (AvgIpc) is 2.47. The van der Waals surface area contributed by atoms with Gasteiger partial charge < -0.3 is 15.1 Å². The summed E-state index contributed by atoms with van der Waals surface area (Å²) in [5.41, 5.74) is 0. The van der Waals surface area contributed by atoms with Gasteiger partial charge in [-0.2, -0.15) is 0 Å². The topological polar surface area (TPSA) is 72.8 Å². The van der Waals surface area contributed by atoms with Gasteiger partial charge in [0.1, 0.15) is 0 Å². The van der Waals surface area contributed by atoms with Gasteiger partial charge in [0.2, 0.25) is 5.91 Å². The zero-order valence-corrected chi connectivity index (χ0v) is 7.81. The molecule has 1 fully saturated rings. The quantitative estimate of drug-likeness (QED) is 0.354.